The summed E-state index contributed by atoms with van der Waals surface area (Å²) >= 11 is 0. The van der Waals surface area contributed by atoms with Crippen LogP contribution in [0.15, 0.2) is 18.2 Å². The summed E-state index contributed by atoms with van der Waals surface area (Å²) in [7, 11) is 1.60. The number of methoxy groups -OCH3 is 1. The number of benzene rings is 1. The van der Waals surface area contributed by atoms with E-state index >= 15 is 0 Å². The highest BCUT2D eigenvalue weighted by Crippen LogP contribution is 2.31. The van der Waals surface area contributed by atoms with Crippen LogP contribution in [0.5, 0.6) is 17.2 Å². The van der Waals surface area contributed by atoms with E-state index in [9.17, 15) is 5.11 Å². The maximum Gasteiger partial charge on any atom is 0.165 e. The molecule has 16 heavy (non-hydrogen) atoms. The minimum atomic E-state index is 0.166. The first kappa shape index (κ1) is 11.1. The van der Waals surface area contributed by atoms with Gasteiger partial charge in [0.15, 0.2) is 11.5 Å². The molecule has 1 aromatic rings. The standard InChI is InChI=1S/C12H17NO3/c1-15-10-2-3-11(14)12(8-10)16-9-4-6-13-7-5-9/h2-3,8-9,13-14H,4-7H2,1H3. The maximum atomic E-state index is 9.66. The first-order valence-electron chi connectivity index (χ1n) is 5.54. The lowest BCUT2D eigenvalue weighted by molar-refractivity contribution is 0.156. The highest BCUT2D eigenvalue weighted by Gasteiger charge is 2.16. The van der Waals surface area contributed by atoms with Gasteiger partial charge in [0, 0.05) is 6.07 Å². The minimum absolute atomic E-state index is 0.166. The van der Waals surface area contributed by atoms with Crippen molar-refractivity contribution in [3.63, 3.8) is 0 Å². The van der Waals surface area contributed by atoms with Crippen LogP contribution in [0.1, 0.15) is 12.8 Å². The number of nitrogens with one attached hydrogen (secondary N) is 1. The highest BCUT2D eigenvalue weighted by atomic mass is 16.5. The van der Waals surface area contributed by atoms with Gasteiger partial charge >= 0.3 is 0 Å². The van der Waals surface area contributed by atoms with Crippen LogP contribution in [-0.4, -0.2) is 31.4 Å². The van der Waals surface area contributed by atoms with E-state index in [1.807, 2.05) is 0 Å². The molecule has 1 fully saturated rings. The van der Waals surface area contributed by atoms with Crippen LogP contribution in [0.2, 0.25) is 0 Å². The molecule has 1 heterocycles. The second-order valence-corrected chi connectivity index (χ2v) is 3.90. The Morgan fingerprint density at radius 3 is 2.75 bits per heavy atom. The molecule has 0 unspecified atom stereocenters. The van der Waals surface area contributed by atoms with Gasteiger partial charge < -0.3 is 19.9 Å². The molecular weight excluding hydrogens is 206 g/mol. The van der Waals surface area contributed by atoms with Crippen LogP contribution in [0, 0.1) is 0 Å². The van der Waals surface area contributed by atoms with Gasteiger partial charge in [0.1, 0.15) is 11.9 Å². The molecule has 0 saturated carbocycles. The second kappa shape index (κ2) is 5.07. The van der Waals surface area contributed by atoms with E-state index in [1.54, 1.807) is 25.3 Å². The molecule has 2 rings (SSSR count). The van der Waals surface area contributed by atoms with Gasteiger partial charge in [-0.25, -0.2) is 0 Å². The molecule has 2 N–H and O–H groups in total. The van der Waals surface area contributed by atoms with Crippen molar-refractivity contribution in [2.45, 2.75) is 18.9 Å². The summed E-state index contributed by atoms with van der Waals surface area (Å²) in [6.07, 6.45) is 2.12. The van der Waals surface area contributed by atoms with Crippen LogP contribution in [-0.2, 0) is 0 Å². The van der Waals surface area contributed by atoms with Crippen molar-refractivity contribution in [3.05, 3.63) is 18.2 Å². The summed E-state index contributed by atoms with van der Waals surface area (Å²) < 4.78 is 10.9. The van der Waals surface area contributed by atoms with Gasteiger partial charge in [-0.2, -0.15) is 0 Å². The molecule has 1 aliphatic rings. The van der Waals surface area contributed by atoms with Gasteiger partial charge in [-0.15, -0.1) is 0 Å². The smallest absolute Gasteiger partial charge is 0.165 e. The van der Waals surface area contributed by atoms with Crippen LogP contribution >= 0.6 is 0 Å². The maximum absolute atomic E-state index is 9.66. The van der Waals surface area contributed by atoms with E-state index < -0.39 is 0 Å². The van der Waals surface area contributed by atoms with Crippen molar-refractivity contribution in [2.75, 3.05) is 20.2 Å². The van der Waals surface area contributed by atoms with E-state index in [0.29, 0.717) is 11.5 Å². The predicted octanol–water partition coefficient (Wildman–Crippen LogP) is 1.53. The van der Waals surface area contributed by atoms with Crippen molar-refractivity contribution in [1.82, 2.24) is 5.32 Å². The quantitative estimate of drug-likeness (QED) is 0.816. The Labute approximate surface area is 95.2 Å². The van der Waals surface area contributed by atoms with Gasteiger partial charge in [0.25, 0.3) is 0 Å². The largest absolute Gasteiger partial charge is 0.504 e. The van der Waals surface area contributed by atoms with Crippen molar-refractivity contribution >= 4 is 0 Å². The molecule has 0 amide bonds. The lowest BCUT2D eigenvalue weighted by Gasteiger charge is -2.24. The topological polar surface area (TPSA) is 50.7 Å². The molecule has 0 bridgehead atoms. The minimum Gasteiger partial charge on any atom is -0.504 e. The zero-order chi connectivity index (χ0) is 11.4. The summed E-state index contributed by atoms with van der Waals surface area (Å²) in [5.41, 5.74) is 0. The molecule has 4 heteroatoms. The molecule has 0 radical (unpaired) electrons. The summed E-state index contributed by atoms with van der Waals surface area (Å²) in [4.78, 5) is 0. The van der Waals surface area contributed by atoms with Crippen LogP contribution in [0.4, 0.5) is 0 Å². The van der Waals surface area contributed by atoms with Crippen molar-refractivity contribution in [2.24, 2.45) is 0 Å². The number of ether oxygens (including phenoxy) is 2. The fourth-order valence-electron chi connectivity index (χ4n) is 1.81. The van der Waals surface area contributed by atoms with Gasteiger partial charge in [-0.1, -0.05) is 0 Å². The Bertz CT molecular complexity index is 348. The normalized spacial score (nSPS) is 17.1. The van der Waals surface area contributed by atoms with Crippen LogP contribution in [0.25, 0.3) is 0 Å². The fourth-order valence-corrected chi connectivity index (χ4v) is 1.81. The Morgan fingerprint density at radius 1 is 1.31 bits per heavy atom. The number of phenolic OH excluding ortho intramolecular Hbond substituents is 1. The van der Waals surface area contributed by atoms with E-state index in [0.717, 1.165) is 25.9 Å². The number of rotatable bonds is 3. The Balaban J connectivity index is 2.06. The van der Waals surface area contributed by atoms with E-state index in [-0.39, 0.29) is 11.9 Å². The zero-order valence-corrected chi connectivity index (χ0v) is 9.40. The monoisotopic (exact) mass is 223 g/mol. The number of piperidine rings is 1. The van der Waals surface area contributed by atoms with Crippen molar-refractivity contribution in [1.29, 1.82) is 0 Å². The number of aromatic hydroxyl groups is 1. The van der Waals surface area contributed by atoms with E-state index in [1.165, 1.54) is 0 Å². The van der Waals surface area contributed by atoms with Crippen molar-refractivity contribution < 1.29 is 14.6 Å². The first-order valence-corrected chi connectivity index (χ1v) is 5.54. The predicted molar refractivity (Wildman–Crippen MR) is 61.2 cm³/mol. The third-order valence-electron chi connectivity index (χ3n) is 2.75. The van der Waals surface area contributed by atoms with Gasteiger partial charge in [-0.05, 0) is 38.1 Å². The van der Waals surface area contributed by atoms with Gasteiger partial charge in [0.05, 0.1) is 7.11 Å². The van der Waals surface area contributed by atoms with Crippen molar-refractivity contribution in [3.8, 4) is 17.2 Å². The SMILES string of the molecule is COc1ccc(O)c(OC2CCNCC2)c1. The molecule has 0 aliphatic carbocycles. The average Bonchev–Trinajstić information content (AvgIpc) is 2.33. The highest BCUT2D eigenvalue weighted by molar-refractivity contribution is 5.44. The third-order valence-corrected chi connectivity index (χ3v) is 2.75. The summed E-state index contributed by atoms with van der Waals surface area (Å²) in [6.45, 7) is 1.94. The Morgan fingerprint density at radius 2 is 2.06 bits per heavy atom. The van der Waals surface area contributed by atoms with Crippen LogP contribution in [0.3, 0.4) is 0 Å². The lowest BCUT2D eigenvalue weighted by Crippen LogP contribution is -2.34. The van der Waals surface area contributed by atoms with Gasteiger partial charge in [-0.3, -0.25) is 0 Å². The Hall–Kier alpha value is -1.42. The Kier molecular flexibility index (Phi) is 3.51. The van der Waals surface area contributed by atoms with Gasteiger partial charge in [0.2, 0.25) is 0 Å². The molecule has 88 valence electrons. The lowest BCUT2D eigenvalue weighted by atomic mass is 10.1. The number of hydrogen-bond donors (Lipinski definition) is 2. The first-order chi connectivity index (χ1) is 7.79. The molecule has 1 aliphatic heterocycles. The molecule has 1 saturated heterocycles. The molecule has 0 aromatic heterocycles. The zero-order valence-electron chi connectivity index (χ0n) is 9.40. The number of hydrogen-bond acceptors (Lipinski definition) is 4. The van der Waals surface area contributed by atoms with Crippen LogP contribution < -0.4 is 14.8 Å². The molecule has 4 nitrogen and oxygen atoms in total. The summed E-state index contributed by atoms with van der Waals surface area (Å²) in [6, 6.07) is 5.03. The average molecular weight is 223 g/mol. The molecular formula is C12H17NO3. The third kappa shape index (κ3) is 2.58. The fraction of sp³-hybridized carbons (Fsp3) is 0.500. The summed E-state index contributed by atoms with van der Waals surface area (Å²) in [5, 5.41) is 12.9. The number of phenols is 1. The second-order valence-electron chi connectivity index (χ2n) is 3.90. The van der Waals surface area contributed by atoms with E-state index in [4.69, 9.17) is 9.47 Å². The molecule has 0 spiro atoms. The van der Waals surface area contributed by atoms with E-state index in [2.05, 4.69) is 5.32 Å². The molecule has 0 atom stereocenters. The molecule has 1 aromatic carbocycles. The summed E-state index contributed by atoms with van der Waals surface area (Å²) in [5.74, 6) is 1.37.